The molecule has 2 heterocycles. The molecule has 0 unspecified atom stereocenters. The van der Waals surface area contributed by atoms with Crippen molar-refractivity contribution < 1.29 is 14.4 Å². The van der Waals surface area contributed by atoms with Crippen LogP contribution in [0.5, 0.6) is 0 Å². The highest BCUT2D eigenvalue weighted by atomic mass is 32.2. The fraction of sp³-hybridized carbons (Fsp3) is 0.136. The lowest BCUT2D eigenvalue weighted by Crippen LogP contribution is -2.36. The third-order valence-electron chi connectivity index (χ3n) is 4.68. The molecule has 2 aromatic carbocycles. The third kappa shape index (κ3) is 3.82. The zero-order valence-electron chi connectivity index (χ0n) is 15.8. The van der Waals surface area contributed by atoms with Gasteiger partial charge in [-0.25, -0.2) is 0 Å². The topological polar surface area (TPSA) is 71.4 Å². The Hall–Kier alpha value is -3.32. The van der Waals surface area contributed by atoms with E-state index in [1.165, 1.54) is 0 Å². The molecule has 1 aromatic heterocycles. The maximum absolute atomic E-state index is 12.7. The van der Waals surface area contributed by atoms with Gasteiger partial charge < -0.3 is 9.88 Å². The number of aryl methyl sites for hydroxylation is 1. The van der Waals surface area contributed by atoms with E-state index in [9.17, 15) is 14.4 Å². The highest BCUT2D eigenvalue weighted by Crippen LogP contribution is 2.34. The SMILES string of the molecule is CCn1cc(/C=C2\SC(=O)N(CC(=O)Nc3ccccc3)C2=O)c2ccccc21. The Bertz CT molecular complexity index is 1130. The number of carbonyl (C=O) groups is 3. The van der Waals surface area contributed by atoms with Crippen LogP contribution in [0.3, 0.4) is 0 Å². The summed E-state index contributed by atoms with van der Waals surface area (Å²) in [6.07, 6.45) is 3.70. The van der Waals surface area contributed by atoms with Crippen molar-refractivity contribution in [2.24, 2.45) is 0 Å². The maximum Gasteiger partial charge on any atom is 0.294 e. The summed E-state index contributed by atoms with van der Waals surface area (Å²) < 4.78 is 2.10. The van der Waals surface area contributed by atoms with Crippen LogP contribution in [-0.4, -0.2) is 33.1 Å². The Kier molecular flexibility index (Phi) is 5.22. The molecule has 146 valence electrons. The monoisotopic (exact) mass is 405 g/mol. The number of carbonyl (C=O) groups excluding carboxylic acids is 3. The number of imide groups is 1. The number of anilines is 1. The summed E-state index contributed by atoms with van der Waals surface area (Å²) in [7, 11) is 0. The number of benzene rings is 2. The van der Waals surface area contributed by atoms with Crippen molar-refractivity contribution in [1.82, 2.24) is 9.47 Å². The van der Waals surface area contributed by atoms with Crippen LogP contribution in [0, 0.1) is 0 Å². The van der Waals surface area contributed by atoms with Crippen LogP contribution in [-0.2, 0) is 16.1 Å². The van der Waals surface area contributed by atoms with Crippen molar-refractivity contribution in [2.45, 2.75) is 13.5 Å². The van der Waals surface area contributed by atoms with E-state index in [1.54, 1.807) is 30.3 Å². The summed E-state index contributed by atoms with van der Waals surface area (Å²) >= 11 is 0.860. The molecule has 3 aromatic rings. The van der Waals surface area contributed by atoms with E-state index in [0.717, 1.165) is 39.7 Å². The number of hydrogen-bond donors (Lipinski definition) is 1. The lowest BCUT2D eigenvalue weighted by atomic mass is 10.1. The van der Waals surface area contributed by atoms with Gasteiger partial charge in [0.15, 0.2) is 0 Å². The average Bonchev–Trinajstić information content (AvgIpc) is 3.21. The Morgan fingerprint density at radius 2 is 1.79 bits per heavy atom. The third-order valence-corrected chi connectivity index (χ3v) is 5.59. The Morgan fingerprint density at radius 3 is 2.55 bits per heavy atom. The number of rotatable bonds is 5. The maximum atomic E-state index is 12.7. The van der Waals surface area contributed by atoms with Crippen LogP contribution >= 0.6 is 11.8 Å². The molecule has 6 nitrogen and oxygen atoms in total. The number of nitrogens with one attached hydrogen (secondary N) is 1. The molecular formula is C22H19N3O3S. The zero-order chi connectivity index (χ0) is 20.4. The highest BCUT2D eigenvalue weighted by Gasteiger charge is 2.36. The number of hydrogen-bond acceptors (Lipinski definition) is 4. The van der Waals surface area contributed by atoms with E-state index < -0.39 is 17.1 Å². The number of thioether (sulfide) groups is 1. The van der Waals surface area contributed by atoms with E-state index >= 15 is 0 Å². The Labute approximate surface area is 172 Å². The number of para-hydroxylation sites is 2. The van der Waals surface area contributed by atoms with Crippen LogP contribution in [0.1, 0.15) is 12.5 Å². The second kappa shape index (κ2) is 7.97. The standard InChI is InChI=1S/C22H19N3O3S/c1-2-24-13-15(17-10-6-7-11-18(17)24)12-19-21(27)25(22(28)29-19)14-20(26)23-16-8-4-3-5-9-16/h3-13H,2,14H2,1H3,(H,23,26)/b19-12-. The molecule has 1 fully saturated rings. The molecule has 1 aliphatic heterocycles. The fourth-order valence-corrected chi connectivity index (χ4v) is 4.12. The molecule has 0 spiro atoms. The second-order valence-corrected chi connectivity index (χ2v) is 7.56. The molecule has 4 rings (SSSR count). The van der Waals surface area contributed by atoms with Gasteiger partial charge in [-0.05, 0) is 43.0 Å². The van der Waals surface area contributed by atoms with E-state index in [0.29, 0.717) is 10.6 Å². The minimum Gasteiger partial charge on any atom is -0.347 e. The van der Waals surface area contributed by atoms with E-state index in [4.69, 9.17) is 0 Å². The summed E-state index contributed by atoms with van der Waals surface area (Å²) in [4.78, 5) is 38.6. The summed E-state index contributed by atoms with van der Waals surface area (Å²) in [5, 5.41) is 3.27. The zero-order valence-corrected chi connectivity index (χ0v) is 16.6. The molecule has 7 heteroatoms. The second-order valence-electron chi connectivity index (χ2n) is 6.57. The number of amides is 3. The van der Waals surface area contributed by atoms with Crippen LogP contribution in [0.4, 0.5) is 10.5 Å². The van der Waals surface area contributed by atoms with E-state index in [-0.39, 0.29) is 6.54 Å². The summed E-state index contributed by atoms with van der Waals surface area (Å²) in [6.45, 7) is 2.54. The normalized spacial score (nSPS) is 15.5. The average molecular weight is 405 g/mol. The summed E-state index contributed by atoms with van der Waals surface area (Å²) in [5.41, 5.74) is 2.57. The number of aromatic nitrogens is 1. The molecule has 1 aliphatic rings. The minimum atomic E-state index is -0.448. The molecule has 29 heavy (non-hydrogen) atoms. The molecule has 1 N–H and O–H groups in total. The first kappa shape index (κ1) is 19.0. The van der Waals surface area contributed by atoms with Gasteiger partial charge in [-0.1, -0.05) is 36.4 Å². The van der Waals surface area contributed by atoms with Gasteiger partial charge in [-0.2, -0.15) is 0 Å². The quantitative estimate of drug-likeness (QED) is 0.641. The van der Waals surface area contributed by atoms with E-state index in [2.05, 4.69) is 16.8 Å². The first-order chi connectivity index (χ1) is 14.1. The number of fused-ring (bicyclic) bond motifs is 1. The molecule has 1 saturated heterocycles. The molecule has 0 saturated carbocycles. The molecular weight excluding hydrogens is 386 g/mol. The van der Waals surface area contributed by atoms with Gasteiger partial charge in [0, 0.05) is 34.9 Å². The lowest BCUT2D eigenvalue weighted by molar-refractivity contribution is -0.127. The van der Waals surface area contributed by atoms with Gasteiger partial charge in [-0.3, -0.25) is 19.3 Å². The van der Waals surface area contributed by atoms with Gasteiger partial charge in [0.1, 0.15) is 6.54 Å². The van der Waals surface area contributed by atoms with Gasteiger partial charge in [0.25, 0.3) is 11.1 Å². The van der Waals surface area contributed by atoms with Crippen LogP contribution in [0.15, 0.2) is 65.7 Å². The molecule has 0 radical (unpaired) electrons. The van der Waals surface area contributed by atoms with Gasteiger partial charge in [0.2, 0.25) is 5.91 Å². The highest BCUT2D eigenvalue weighted by molar-refractivity contribution is 8.18. The molecule has 0 aliphatic carbocycles. The van der Waals surface area contributed by atoms with Gasteiger partial charge in [0.05, 0.1) is 4.91 Å². The molecule has 0 bridgehead atoms. The predicted octanol–water partition coefficient (Wildman–Crippen LogP) is 4.34. The molecule has 0 atom stereocenters. The van der Waals surface area contributed by atoms with Crippen molar-refractivity contribution in [3.63, 3.8) is 0 Å². The predicted molar refractivity (Wildman–Crippen MR) is 115 cm³/mol. The first-order valence-electron chi connectivity index (χ1n) is 9.25. The molecule has 3 amide bonds. The first-order valence-corrected chi connectivity index (χ1v) is 10.1. The van der Waals surface area contributed by atoms with Crippen molar-refractivity contribution in [1.29, 1.82) is 0 Å². The van der Waals surface area contributed by atoms with Crippen LogP contribution in [0.2, 0.25) is 0 Å². The van der Waals surface area contributed by atoms with Gasteiger partial charge >= 0.3 is 0 Å². The fourth-order valence-electron chi connectivity index (χ4n) is 3.29. The largest absolute Gasteiger partial charge is 0.347 e. The Balaban J connectivity index is 1.55. The van der Waals surface area contributed by atoms with Crippen molar-refractivity contribution in [3.05, 3.63) is 71.3 Å². The number of nitrogens with zero attached hydrogens (tertiary/aromatic N) is 2. The summed E-state index contributed by atoms with van der Waals surface area (Å²) in [6, 6.07) is 16.9. The Morgan fingerprint density at radius 1 is 1.07 bits per heavy atom. The van der Waals surface area contributed by atoms with Crippen molar-refractivity contribution in [3.8, 4) is 0 Å². The lowest BCUT2D eigenvalue weighted by Gasteiger charge is -2.12. The summed E-state index contributed by atoms with van der Waals surface area (Å²) in [5.74, 6) is -0.862. The van der Waals surface area contributed by atoms with Crippen molar-refractivity contribution in [2.75, 3.05) is 11.9 Å². The van der Waals surface area contributed by atoms with Crippen LogP contribution in [0.25, 0.3) is 17.0 Å². The minimum absolute atomic E-state index is 0.312. The smallest absolute Gasteiger partial charge is 0.294 e. The van der Waals surface area contributed by atoms with Crippen molar-refractivity contribution >= 4 is 51.5 Å². The van der Waals surface area contributed by atoms with Crippen LogP contribution < -0.4 is 5.32 Å². The van der Waals surface area contributed by atoms with E-state index in [1.807, 2.05) is 36.5 Å². The van der Waals surface area contributed by atoms with Gasteiger partial charge in [-0.15, -0.1) is 0 Å².